The van der Waals surface area contributed by atoms with Crippen LogP contribution in [0.5, 0.6) is 0 Å². The van der Waals surface area contributed by atoms with Crippen molar-refractivity contribution in [1.82, 2.24) is 15.3 Å². The molecule has 0 radical (unpaired) electrons. The van der Waals surface area contributed by atoms with Crippen molar-refractivity contribution in [3.8, 4) is 0 Å². The molecule has 272 valence electrons. The molecule has 2 heterocycles. The number of carboxylic acids is 1. The maximum Gasteiger partial charge on any atom is 0.519 e. The van der Waals surface area contributed by atoms with E-state index in [4.69, 9.17) is 13.7 Å². The van der Waals surface area contributed by atoms with Crippen LogP contribution in [0.15, 0.2) is 37.5 Å². The Morgan fingerprint density at radius 3 is 2.36 bits per heavy atom. The number of rotatable bonds is 7. The van der Waals surface area contributed by atoms with Crippen LogP contribution >= 0.6 is 0 Å². The summed E-state index contributed by atoms with van der Waals surface area (Å²) in [5.74, 6) is -1.38. The highest BCUT2D eigenvalue weighted by Crippen LogP contribution is 2.76. The van der Waals surface area contributed by atoms with Gasteiger partial charge in [0.2, 0.25) is 0 Å². The number of nitrogens with zero attached hydrogens (tertiary/aromatic N) is 2. The van der Waals surface area contributed by atoms with Crippen LogP contribution in [-0.4, -0.2) is 38.5 Å². The SMILES string of the molecule is Cc1oc(=O)oc1CON[C@@]12CC[C@]3(C)[C@H](C(=O)C=C4[C@@H]5C[C@@](C)(C(=O)O)CC[C@]5(C)CC[C@]43C)[C@@]1(C)CC[C@H](n1nccc1C)[C@@]2(C)C=O. The smallest absolute Gasteiger partial charge is 0.481 e. The number of aliphatic carboxylic acids is 1. The molecule has 50 heavy (non-hydrogen) atoms. The molecular formula is C39H53N3O8. The average molecular weight is 692 g/mol. The van der Waals surface area contributed by atoms with Gasteiger partial charge in [-0.25, -0.2) is 4.79 Å². The number of hydrogen-bond acceptors (Lipinski definition) is 9. The maximum absolute atomic E-state index is 15.1. The Hall–Kier alpha value is -3.31. The molecule has 0 unspecified atom stereocenters. The number of nitrogens with one attached hydrogen (secondary N) is 1. The molecule has 0 bridgehead atoms. The predicted molar refractivity (Wildman–Crippen MR) is 183 cm³/mol. The summed E-state index contributed by atoms with van der Waals surface area (Å²) >= 11 is 0. The number of fused-ring (bicyclic) bond motifs is 7. The summed E-state index contributed by atoms with van der Waals surface area (Å²) in [6.45, 7) is 16.4. The fourth-order valence-electron chi connectivity index (χ4n) is 12.3. The van der Waals surface area contributed by atoms with Gasteiger partial charge in [0, 0.05) is 17.8 Å². The molecule has 0 spiro atoms. The Kier molecular flexibility index (Phi) is 7.79. The highest BCUT2D eigenvalue weighted by Gasteiger charge is 2.76. The first-order chi connectivity index (χ1) is 23.3. The predicted octanol–water partition coefficient (Wildman–Crippen LogP) is 6.68. The van der Waals surface area contributed by atoms with E-state index in [1.54, 1.807) is 13.1 Å². The van der Waals surface area contributed by atoms with Crippen molar-refractivity contribution < 1.29 is 33.2 Å². The molecular weight excluding hydrogens is 638 g/mol. The molecule has 5 aliphatic carbocycles. The topological polar surface area (TPSA) is 154 Å². The average Bonchev–Trinajstić information content (AvgIpc) is 3.62. The Balaban J connectivity index is 1.35. The van der Waals surface area contributed by atoms with Gasteiger partial charge in [0.05, 0.1) is 22.4 Å². The molecule has 11 nitrogen and oxygen atoms in total. The van der Waals surface area contributed by atoms with Gasteiger partial charge in [-0.3, -0.25) is 19.1 Å². The molecule has 4 fully saturated rings. The van der Waals surface area contributed by atoms with E-state index in [9.17, 15) is 19.5 Å². The second kappa shape index (κ2) is 11.1. The third-order valence-electron chi connectivity index (χ3n) is 15.8. The Morgan fingerprint density at radius 2 is 1.74 bits per heavy atom. The van der Waals surface area contributed by atoms with Gasteiger partial charge in [-0.2, -0.15) is 10.6 Å². The summed E-state index contributed by atoms with van der Waals surface area (Å²) in [5.41, 5.74) is 0.992. The molecule has 2 aromatic rings. The lowest BCUT2D eigenvalue weighted by atomic mass is 9.31. The fourth-order valence-corrected chi connectivity index (χ4v) is 12.3. The van der Waals surface area contributed by atoms with Crippen LogP contribution in [0.3, 0.4) is 0 Å². The van der Waals surface area contributed by atoms with Crippen LogP contribution in [0.25, 0.3) is 0 Å². The van der Waals surface area contributed by atoms with Gasteiger partial charge in [-0.1, -0.05) is 33.3 Å². The van der Waals surface area contributed by atoms with E-state index in [1.807, 2.05) is 37.6 Å². The summed E-state index contributed by atoms with van der Waals surface area (Å²) < 4.78 is 12.3. The number of aldehydes is 1. The van der Waals surface area contributed by atoms with Gasteiger partial charge in [0.25, 0.3) is 0 Å². The zero-order chi connectivity index (χ0) is 36.3. The van der Waals surface area contributed by atoms with Crippen LogP contribution in [0.2, 0.25) is 0 Å². The van der Waals surface area contributed by atoms with Crippen LogP contribution in [0, 0.1) is 58.2 Å². The van der Waals surface area contributed by atoms with Gasteiger partial charge in [0.15, 0.2) is 11.5 Å². The third-order valence-corrected chi connectivity index (χ3v) is 15.8. The second-order valence-corrected chi connectivity index (χ2v) is 18.0. The molecule has 2 aromatic heterocycles. The first kappa shape index (κ1) is 35.1. The van der Waals surface area contributed by atoms with E-state index in [1.165, 1.54) is 0 Å². The molecule has 7 rings (SSSR count). The Morgan fingerprint density at radius 1 is 1.02 bits per heavy atom. The van der Waals surface area contributed by atoms with Crippen molar-refractivity contribution in [2.45, 2.75) is 131 Å². The molecule has 11 heteroatoms. The number of ketones is 1. The Bertz CT molecular complexity index is 1840. The molecule has 4 saturated carbocycles. The minimum absolute atomic E-state index is 0.00500. The summed E-state index contributed by atoms with van der Waals surface area (Å²) in [4.78, 5) is 59.5. The van der Waals surface area contributed by atoms with E-state index in [0.717, 1.165) is 36.8 Å². The zero-order valence-corrected chi connectivity index (χ0v) is 30.8. The minimum Gasteiger partial charge on any atom is -0.481 e. The van der Waals surface area contributed by atoms with Crippen molar-refractivity contribution in [2.75, 3.05) is 0 Å². The summed E-state index contributed by atoms with van der Waals surface area (Å²) in [7, 11) is 0. The first-order valence-corrected chi connectivity index (χ1v) is 18.3. The van der Waals surface area contributed by atoms with E-state index >= 15 is 4.79 Å². The van der Waals surface area contributed by atoms with Gasteiger partial charge in [0.1, 0.15) is 18.7 Å². The van der Waals surface area contributed by atoms with Crippen molar-refractivity contribution >= 4 is 18.0 Å². The highest BCUT2D eigenvalue weighted by molar-refractivity contribution is 5.96. The quantitative estimate of drug-likeness (QED) is 0.238. The third kappa shape index (κ3) is 4.37. The van der Waals surface area contributed by atoms with E-state index in [-0.39, 0.29) is 40.9 Å². The second-order valence-electron chi connectivity index (χ2n) is 18.0. The lowest BCUT2D eigenvalue weighted by Gasteiger charge is -2.73. The maximum atomic E-state index is 15.1. The van der Waals surface area contributed by atoms with Gasteiger partial charge >= 0.3 is 11.8 Å². The van der Waals surface area contributed by atoms with Gasteiger partial charge in [-0.05, 0) is 125 Å². The summed E-state index contributed by atoms with van der Waals surface area (Å²) in [5, 5.41) is 15.0. The van der Waals surface area contributed by atoms with Crippen molar-refractivity contribution in [3.63, 3.8) is 0 Å². The molecule has 0 saturated heterocycles. The van der Waals surface area contributed by atoms with E-state index < -0.39 is 44.9 Å². The fraction of sp³-hybridized carbons (Fsp3) is 0.718. The first-order valence-electron chi connectivity index (χ1n) is 18.3. The number of allylic oxidation sites excluding steroid dienone is 2. The molecule has 5 aliphatic rings. The minimum atomic E-state index is -1.06. The monoisotopic (exact) mass is 691 g/mol. The number of hydrogen-bond donors (Lipinski definition) is 2. The number of carbonyl (C=O) groups excluding carboxylic acids is 2. The highest BCUT2D eigenvalue weighted by atomic mass is 16.7. The Labute approximate surface area is 293 Å². The van der Waals surface area contributed by atoms with Crippen molar-refractivity contribution in [2.24, 2.45) is 44.3 Å². The molecule has 0 aromatic carbocycles. The standard InChI is InChI=1S/C39H53N3O8/c1-23-10-18-40-42(23)29-9-11-37(7)30-27(44)19-25-26-20-34(4,31(45)46)13-12-33(26,3)14-15-35(25,5)36(30,6)16-17-39(37,38(29,8)22-43)41-48-21-28-24(2)49-32(47)50-28/h10,18-19,22,26,29-30,41H,9,11-17,20-21H2,1-8H3,(H,45,46)/t26-,29-,30-,33+,34-,35+,36+,37+,38+,39-/m0/s1. The molecule has 0 amide bonds. The van der Waals surface area contributed by atoms with Crippen LogP contribution in [-0.2, 0) is 25.8 Å². The van der Waals surface area contributed by atoms with Crippen LogP contribution in [0.4, 0.5) is 0 Å². The molecule has 2 N–H and O–H groups in total. The zero-order valence-electron chi connectivity index (χ0n) is 30.8. The van der Waals surface area contributed by atoms with E-state index in [0.29, 0.717) is 44.3 Å². The lowest BCUT2D eigenvalue weighted by Crippen LogP contribution is -2.78. The summed E-state index contributed by atoms with van der Waals surface area (Å²) in [6.07, 6.45) is 11.1. The van der Waals surface area contributed by atoms with Gasteiger partial charge in [-0.15, -0.1) is 0 Å². The normalized spacial score (nSPS) is 44.0. The largest absolute Gasteiger partial charge is 0.519 e. The number of aromatic nitrogens is 2. The van der Waals surface area contributed by atoms with Gasteiger partial charge < -0.3 is 18.7 Å². The van der Waals surface area contributed by atoms with Crippen LogP contribution in [0.1, 0.15) is 123 Å². The van der Waals surface area contributed by atoms with E-state index in [2.05, 4.69) is 38.3 Å². The molecule has 0 aliphatic heterocycles. The number of carbonyl (C=O) groups is 3. The summed E-state index contributed by atoms with van der Waals surface area (Å²) in [6, 6.07) is 1.64. The van der Waals surface area contributed by atoms with Crippen LogP contribution < -0.4 is 11.3 Å². The lowest BCUT2D eigenvalue weighted by molar-refractivity contribution is -0.242. The molecule has 10 atom stereocenters. The number of carboxylic acid groups (broad SMARTS) is 1. The van der Waals surface area contributed by atoms with Crippen molar-refractivity contribution in [3.05, 3.63) is 51.7 Å². The van der Waals surface area contributed by atoms with Crippen molar-refractivity contribution in [1.29, 1.82) is 0 Å². The number of hydroxylamine groups is 1. The number of aryl methyl sites for hydroxylation is 2.